The molecule has 6 nitrogen and oxygen atoms in total. The number of carboxylic acids is 1. The molecule has 0 heterocycles. The summed E-state index contributed by atoms with van der Waals surface area (Å²) in [6, 6.07) is 0. The Balaban J connectivity index is 2.56. The molecule has 0 unspecified atom stereocenters. The van der Waals surface area contributed by atoms with Crippen molar-refractivity contribution < 1.29 is 23.1 Å². The van der Waals surface area contributed by atoms with E-state index in [1.165, 1.54) is 0 Å². The summed E-state index contributed by atoms with van der Waals surface area (Å²) < 4.78 is 23.1. The number of carbonyl (C=O) groups excluding carboxylic acids is 1. The predicted molar refractivity (Wildman–Crippen MR) is 75.1 cm³/mol. The Kier molecular flexibility index (Phi) is 5.98. The molecule has 1 aliphatic rings. The molecular formula is C13H23NO5S. The van der Waals surface area contributed by atoms with Crippen LogP contribution >= 0.6 is 0 Å². The molecule has 0 atom stereocenters. The lowest BCUT2D eigenvalue weighted by Crippen LogP contribution is -2.45. The molecule has 2 N–H and O–H groups in total. The maximum atomic E-state index is 11.7. The van der Waals surface area contributed by atoms with Crippen LogP contribution in [-0.4, -0.2) is 43.5 Å². The van der Waals surface area contributed by atoms with Crippen molar-refractivity contribution in [2.45, 2.75) is 45.4 Å². The standard InChI is InChI=1S/C13H23NO5S/c1-2-8-20(18,19)9-11(15)14-10-13(12(16)17)6-4-3-5-7-13/h2-10H2,1H3,(H,14,15)(H,16,17). The van der Waals surface area contributed by atoms with Crippen molar-refractivity contribution in [3.8, 4) is 0 Å². The van der Waals surface area contributed by atoms with Gasteiger partial charge in [0.1, 0.15) is 5.75 Å². The molecular weight excluding hydrogens is 282 g/mol. The zero-order valence-electron chi connectivity index (χ0n) is 11.9. The van der Waals surface area contributed by atoms with Gasteiger partial charge in [-0.3, -0.25) is 9.59 Å². The number of carbonyl (C=O) groups is 2. The lowest BCUT2D eigenvalue weighted by molar-refractivity contribution is -0.150. The van der Waals surface area contributed by atoms with Gasteiger partial charge in [-0.2, -0.15) is 0 Å². The van der Waals surface area contributed by atoms with Gasteiger partial charge < -0.3 is 10.4 Å². The number of aliphatic carboxylic acids is 1. The van der Waals surface area contributed by atoms with E-state index in [0.717, 1.165) is 19.3 Å². The summed E-state index contributed by atoms with van der Waals surface area (Å²) in [5.41, 5.74) is -0.928. The second-order valence-electron chi connectivity index (χ2n) is 5.51. The Morgan fingerprint density at radius 3 is 2.30 bits per heavy atom. The van der Waals surface area contributed by atoms with E-state index in [1.54, 1.807) is 6.92 Å². The average molecular weight is 305 g/mol. The van der Waals surface area contributed by atoms with Gasteiger partial charge in [-0.05, 0) is 19.3 Å². The highest BCUT2D eigenvalue weighted by molar-refractivity contribution is 7.92. The molecule has 0 spiro atoms. The molecule has 1 amide bonds. The number of sulfone groups is 1. The Morgan fingerprint density at radius 1 is 1.20 bits per heavy atom. The predicted octanol–water partition coefficient (Wildman–Crippen LogP) is 0.962. The van der Waals surface area contributed by atoms with E-state index in [0.29, 0.717) is 19.3 Å². The van der Waals surface area contributed by atoms with E-state index in [4.69, 9.17) is 0 Å². The number of carboxylic acid groups (broad SMARTS) is 1. The van der Waals surface area contributed by atoms with Crippen molar-refractivity contribution in [1.29, 1.82) is 0 Å². The van der Waals surface area contributed by atoms with Crippen molar-refractivity contribution >= 4 is 21.7 Å². The highest BCUT2D eigenvalue weighted by atomic mass is 32.2. The van der Waals surface area contributed by atoms with Crippen molar-refractivity contribution in [2.24, 2.45) is 5.41 Å². The third kappa shape index (κ3) is 4.77. The number of nitrogens with one attached hydrogen (secondary N) is 1. The van der Waals surface area contributed by atoms with Crippen molar-refractivity contribution in [1.82, 2.24) is 5.32 Å². The second-order valence-corrected chi connectivity index (χ2v) is 7.70. The van der Waals surface area contributed by atoms with Crippen LogP contribution in [0.3, 0.4) is 0 Å². The summed E-state index contributed by atoms with van der Waals surface area (Å²) in [4.78, 5) is 23.1. The first-order chi connectivity index (χ1) is 9.31. The molecule has 0 aromatic rings. The lowest BCUT2D eigenvalue weighted by atomic mass is 9.74. The van der Waals surface area contributed by atoms with Gasteiger partial charge in [0.05, 0.1) is 11.2 Å². The summed E-state index contributed by atoms with van der Waals surface area (Å²) in [5, 5.41) is 11.8. The minimum atomic E-state index is -3.38. The molecule has 1 rings (SSSR count). The van der Waals surface area contributed by atoms with Gasteiger partial charge in [-0.25, -0.2) is 8.42 Å². The van der Waals surface area contributed by atoms with Crippen molar-refractivity contribution in [2.75, 3.05) is 18.1 Å². The van der Waals surface area contributed by atoms with Crippen LogP contribution in [0.5, 0.6) is 0 Å². The largest absolute Gasteiger partial charge is 0.481 e. The molecule has 7 heteroatoms. The summed E-state index contributed by atoms with van der Waals surface area (Å²) in [7, 11) is -3.38. The molecule has 0 radical (unpaired) electrons. The normalized spacial score (nSPS) is 18.4. The van der Waals surface area contributed by atoms with Gasteiger partial charge >= 0.3 is 5.97 Å². The quantitative estimate of drug-likeness (QED) is 0.729. The van der Waals surface area contributed by atoms with Crippen molar-refractivity contribution in [3.63, 3.8) is 0 Å². The van der Waals surface area contributed by atoms with Gasteiger partial charge in [0.2, 0.25) is 5.91 Å². The van der Waals surface area contributed by atoms with Crippen molar-refractivity contribution in [3.05, 3.63) is 0 Å². The molecule has 116 valence electrons. The van der Waals surface area contributed by atoms with Crippen LogP contribution in [0, 0.1) is 5.41 Å². The highest BCUT2D eigenvalue weighted by Gasteiger charge is 2.39. The topological polar surface area (TPSA) is 101 Å². The smallest absolute Gasteiger partial charge is 0.311 e. The molecule has 0 saturated heterocycles. The minimum absolute atomic E-state index is 0.0167. The van der Waals surface area contributed by atoms with Crippen LogP contribution in [0.4, 0.5) is 0 Å². The second kappa shape index (κ2) is 7.06. The van der Waals surface area contributed by atoms with Crippen LogP contribution in [0.2, 0.25) is 0 Å². The third-order valence-corrected chi connectivity index (χ3v) is 5.49. The van der Waals surface area contributed by atoms with Crippen LogP contribution < -0.4 is 5.32 Å². The molecule has 0 aromatic carbocycles. The fourth-order valence-corrected chi connectivity index (χ4v) is 3.86. The fraction of sp³-hybridized carbons (Fsp3) is 0.846. The number of hydrogen-bond donors (Lipinski definition) is 2. The Bertz CT molecular complexity index is 451. The molecule has 1 fully saturated rings. The average Bonchev–Trinajstić information content (AvgIpc) is 2.36. The number of hydrogen-bond acceptors (Lipinski definition) is 4. The van der Waals surface area contributed by atoms with Crippen LogP contribution in [0.15, 0.2) is 0 Å². The maximum Gasteiger partial charge on any atom is 0.311 e. The molecule has 20 heavy (non-hydrogen) atoms. The van der Waals surface area contributed by atoms with E-state index < -0.39 is 32.9 Å². The SMILES string of the molecule is CCCS(=O)(=O)CC(=O)NCC1(C(=O)O)CCCCC1. The van der Waals surface area contributed by atoms with Gasteiger partial charge in [0.25, 0.3) is 0 Å². The summed E-state index contributed by atoms with van der Waals surface area (Å²) >= 11 is 0. The van der Waals surface area contributed by atoms with Gasteiger partial charge in [0, 0.05) is 6.54 Å². The highest BCUT2D eigenvalue weighted by Crippen LogP contribution is 2.35. The Hall–Kier alpha value is -1.11. The van der Waals surface area contributed by atoms with Crippen LogP contribution in [0.25, 0.3) is 0 Å². The fourth-order valence-electron chi connectivity index (χ4n) is 2.60. The van der Waals surface area contributed by atoms with Crippen LogP contribution in [0.1, 0.15) is 45.4 Å². The zero-order valence-corrected chi connectivity index (χ0v) is 12.7. The summed E-state index contributed by atoms with van der Waals surface area (Å²) in [5.74, 6) is -2.10. The van der Waals surface area contributed by atoms with E-state index >= 15 is 0 Å². The van der Waals surface area contributed by atoms with E-state index in [1.807, 2.05) is 0 Å². The monoisotopic (exact) mass is 305 g/mol. The van der Waals surface area contributed by atoms with E-state index in [-0.39, 0.29) is 12.3 Å². The van der Waals surface area contributed by atoms with Gasteiger partial charge in [-0.1, -0.05) is 26.2 Å². The first kappa shape index (κ1) is 16.9. The van der Waals surface area contributed by atoms with Gasteiger partial charge in [0.15, 0.2) is 9.84 Å². The molecule has 1 aliphatic carbocycles. The zero-order chi connectivity index (χ0) is 15.2. The van der Waals surface area contributed by atoms with E-state index in [9.17, 15) is 23.1 Å². The third-order valence-electron chi connectivity index (χ3n) is 3.75. The molecule has 0 aromatic heterocycles. The number of amides is 1. The summed E-state index contributed by atoms with van der Waals surface area (Å²) in [6.45, 7) is 1.75. The molecule has 1 saturated carbocycles. The lowest BCUT2D eigenvalue weighted by Gasteiger charge is -2.33. The molecule has 0 bridgehead atoms. The maximum absolute atomic E-state index is 11.7. The van der Waals surface area contributed by atoms with E-state index in [2.05, 4.69) is 5.32 Å². The van der Waals surface area contributed by atoms with Crippen LogP contribution in [-0.2, 0) is 19.4 Å². The molecule has 0 aliphatic heterocycles. The minimum Gasteiger partial charge on any atom is -0.481 e. The Labute approximate surface area is 119 Å². The summed E-state index contributed by atoms with van der Waals surface area (Å²) in [6.07, 6.45) is 4.20. The van der Waals surface area contributed by atoms with Gasteiger partial charge in [-0.15, -0.1) is 0 Å². The first-order valence-corrected chi connectivity index (χ1v) is 8.84. The number of rotatable bonds is 7. The Morgan fingerprint density at radius 2 is 1.80 bits per heavy atom. The first-order valence-electron chi connectivity index (χ1n) is 7.02.